The minimum Gasteiger partial charge on any atom is -0.378 e. The predicted molar refractivity (Wildman–Crippen MR) is 91.5 cm³/mol. The maximum atomic E-state index is 12.4. The molecule has 24 heavy (non-hydrogen) atoms. The van der Waals surface area contributed by atoms with E-state index in [0.717, 1.165) is 43.2 Å². The first-order valence-corrected chi connectivity index (χ1v) is 8.86. The monoisotopic (exact) mass is 348 g/mol. The third kappa shape index (κ3) is 4.24. The number of hydrogen-bond donors (Lipinski definition) is 1. The van der Waals surface area contributed by atoms with E-state index in [0.29, 0.717) is 24.0 Å². The molecule has 8 nitrogen and oxygen atoms in total. The van der Waals surface area contributed by atoms with Gasteiger partial charge in [0.25, 0.3) is 5.91 Å². The maximum Gasteiger partial charge on any atom is 0.276 e. The zero-order valence-electron chi connectivity index (χ0n) is 13.6. The first kappa shape index (κ1) is 16.7. The predicted octanol–water partition coefficient (Wildman–Crippen LogP) is 1.76. The van der Waals surface area contributed by atoms with E-state index in [9.17, 15) is 4.79 Å². The number of anilines is 2. The third-order valence-corrected chi connectivity index (χ3v) is 4.55. The number of ether oxygens (including phenoxy) is 1. The fourth-order valence-electron chi connectivity index (χ4n) is 2.33. The molecule has 0 aliphatic carbocycles. The van der Waals surface area contributed by atoms with E-state index in [-0.39, 0.29) is 5.91 Å². The Morgan fingerprint density at radius 2 is 2.17 bits per heavy atom. The highest BCUT2D eigenvalue weighted by Crippen LogP contribution is 2.18. The molecule has 1 fully saturated rings. The molecule has 0 unspecified atom stereocenters. The van der Waals surface area contributed by atoms with Crippen molar-refractivity contribution < 1.29 is 9.53 Å². The lowest BCUT2D eigenvalue weighted by Gasteiger charge is -2.27. The molecule has 3 rings (SSSR count). The molecule has 1 aliphatic rings. The molecule has 0 radical (unpaired) electrons. The summed E-state index contributed by atoms with van der Waals surface area (Å²) in [6.45, 7) is 4.98. The molecule has 2 aromatic rings. The van der Waals surface area contributed by atoms with E-state index in [1.54, 1.807) is 6.07 Å². The zero-order valence-corrected chi connectivity index (χ0v) is 14.4. The van der Waals surface area contributed by atoms with Crippen LogP contribution in [0.2, 0.25) is 0 Å². The molecule has 3 heterocycles. The second kappa shape index (κ2) is 8.11. The van der Waals surface area contributed by atoms with Gasteiger partial charge in [-0.2, -0.15) is 0 Å². The molecular weight excluding hydrogens is 328 g/mol. The second-order valence-electron chi connectivity index (χ2n) is 5.42. The highest BCUT2D eigenvalue weighted by molar-refractivity contribution is 7.15. The van der Waals surface area contributed by atoms with Crippen LogP contribution >= 0.6 is 11.3 Å². The minimum atomic E-state index is -0.301. The number of carbonyl (C=O) groups excluding carboxylic acids is 1. The number of nitrogens with one attached hydrogen (secondary N) is 1. The summed E-state index contributed by atoms with van der Waals surface area (Å²) in [5.41, 5.74) is 0.316. The number of amides is 1. The lowest BCUT2D eigenvalue weighted by Crippen LogP contribution is -2.37. The van der Waals surface area contributed by atoms with Gasteiger partial charge in [0, 0.05) is 25.6 Å². The van der Waals surface area contributed by atoms with Crippen molar-refractivity contribution in [1.29, 1.82) is 0 Å². The maximum absolute atomic E-state index is 12.4. The smallest absolute Gasteiger partial charge is 0.276 e. The Balaban J connectivity index is 1.65. The van der Waals surface area contributed by atoms with E-state index in [4.69, 9.17) is 4.74 Å². The number of nitrogens with zero attached hydrogens (tertiary/aromatic N) is 5. The number of aromatic nitrogens is 4. The summed E-state index contributed by atoms with van der Waals surface area (Å²) in [5, 5.41) is 12.3. The molecular formula is C15H20N6O2S. The van der Waals surface area contributed by atoms with Gasteiger partial charge in [-0.1, -0.05) is 24.7 Å². The zero-order chi connectivity index (χ0) is 16.8. The van der Waals surface area contributed by atoms with Crippen LogP contribution in [0.4, 0.5) is 10.9 Å². The second-order valence-corrected chi connectivity index (χ2v) is 6.48. The van der Waals surface area contributed by atoms with Crippen LogP contribution in [0.5, 0.6) is 0 Å². The van der Waals surface area contributed by atoms with E-state index < -0.39 is 0 Å². The van der Waals surface area contributed by atoms with E-state index in [1.807, 2.05) is 0 Å². The normalized spacial score (nSPS) is 14.6. The Kier molecular flexibility index (Phi) is 5.65. The molecule has 9 heteroatoms. The molecule has 0 saturated carbocycles. The highest BCUT2D eigenvalue weighted by atomic mass is 32.1. The fraction of sp³-hybridized carbons (Fsp3) is 0.533. The quantitative estimate of drug-likeness (QED) is 0.850. The largest absolute Gasteiger partial charge is 0.378 e. The molecule has 1 N–H and O–H groups in total. The molecule has 0 bridgehead atoms. The molecule has 1 amide bonds. The number of carbonyl (C=O) groups is 1. The molecule has 1 aliphatic heterocycles. The summed E-state index contributed by atoms with van der Waals surface area (Å²) in [6.07, 6.45) is 4.47. The standard InChI is InChI=1S/C15H20N6O2S/c1-2-3-4-13-19-20-15(24-13)18-14(22)11-9-12(17-10-16-11)21-5-7-23-8-6-21/h9-10H,2-8H2,1H3,(H,18,20,22). The van der Waals surface area contributed by atoms with Gasteiger partial charge in [0.15, 0.2) is 0 Å². The van der Waals surface area contributed by atoms with Crippen molar-refractivity contribution in [3.63, 3.8) is 0 Å². The molecule has 0 atom stereocenters. The van der Waals surface area contributed by atoms with Crippen molar-refractivity contribution in [2.24, 2.45) is 0 Å². The van der Waals surface area contributed by atoms with Gasteiger partial charge in [-0.3, -0.25) is 10.1 Å². The van der Waals surface area contributed by atoms with Crippen LogP contribution < -0.4 is 10.2 Å². The fourth-order valence-corrected chi connectivity index (χ4v) is 3.11. The van der Waals surface area contributed by atoms with Gasteiger partial charge < -0.3 is 9.64 Å². The van der Waals surface area contributed by atoms with Crippen LogP contribution in [0.1, 0.15) is 35.3 Å². The van der Waals surface area contributed by atoms with Crippen molar-refractivity contribution in [3.8, 4) is 0 Å². The van der Waals surface area contributed by atoms with Crippen LogP contribution in [0.15, 0.2) is 12.4 Å². The van der Waals surface area contributed by atoms with Gasteiger partial charge in [0.05, 0.1) is 13.2 Å². The van der Waals surface area contributed by atoms with E-state index in [2.05, 4.69) is 37.3 Å². The number of rotatable bonds is 6. The first-order chi connectivity index (χ1) is 11.8. The van der Waals surface area contributed by atoms with Crippen molar-refractivity contribution >= 4 is 28.2 Å². The van der Waals surface area contributed by atoms with Gasteiger partial charge in [0.1, 0.15) is 22.8 Å². The number of unbranched alkanes of at least 4 members (excludes halogenated alkanes) is 1. The Bertz CT molecular complexity index is 686. The van der Waals surface area contributed by atoms with Crippen molar-refractivity contribution in [3.05, 3.63) is 23.1 Å². The number of aryl methyl sites for hydroxylation is 1. The van der Waals surface area contributed by atoms with Crippen molar-refractivity contribution in [2.45, 2.75) is 26.2 Å². The van der Waals surface area contributed by atoms with Gasteiger partial charge in [-0.25, -0.2) is 9.97 Å². The average Bonchev–Trinajstić information content (AvgIpc) is 3.08. The van der Waals surface area contributed by atoms with E-state index >= 15 is 0 Å². The van der Waals surface area contributed by atoms with Gasteiger partial charge in [-0.15, -0.1) is 10.2 Å². The van der Waals surface area contributed by atoms with Crippen molar-refractivity contribution in [1.82, 2.24) is 20.2 Å². The minimum absolute atomic E-state index is 0.301. The first-order valence-electron chi connectivity index (χ1n) is 8.04. The lowest BCUT2D eigenvalue weighted by atomic mass is 10.3. The summed E-state index contributed by atoms with van der Waals surface area (Å²) in [7, 11) is 0. The summed E-state index contributed by atoms with van der Waals surface area (Å²) in [5.74, 6) is 0.435. The summed E-state index contributed by atoms with van der Waals surface area (Å²) in [4.78, 5) is 22.8. The Morgan fingerprint density at radius 3 is 2.96 bits per heavy atom. The Hall–Kier alpha value is -2.13. The highest BCUT2D eigenvalue weighted by Gasteiger charge is 2.16. The van der Waals surface area contributed by atoms with Gasteiger partial charge >= 0.3 is 0 Å². The summed E-state index contributed by atoms with van der Waals surface area (Å²) in [6, 6.07) is 1.69. The molecule has 2 aromatic heterocycles. The van der Waals surface area contributed by atoms with Crippen LogP contribution in [-0.2, 0) is 11.2 Å². The SMILES string of the molecule is CCCCc1nnc(NC(=O)c2cc(N3CCOCC3)ncn2)s1. The summed E-state index contributed by atoms with van der Waals surface area (Å²) >= 11 is 1.40. The van der Waals surface area contributed by atoms with Crippen LogP contribution in [0, 0.1) is 0 Å². The van der Waals surface area contributed by atoms with Crippen LogP contribution in [0.3, 0.4) is 0 Å². The van der Waals surface area contributed by atoms with E-state index in [1.165, 1.54) is 17.7 Å². The van der Waals surface area contributed by atoms with Gasteiger partial charge in [0.2, 0.25) is 5.13 Å². The molecule has 1 saturated heterocycles. The Labute approximate surface area is 144 Å². The Morgan fingerprint density at radius 1 is 1.33 bits per heavy atom. The lowest BCUT2D eigenvalue weighted by molar-refractivity contribution is 0.102. The molecule has 128 valence electrons. The van der Waals surface area contributed by atoms with Gasteiger partial charge in [-0.05, 0) is 6.42 Å². The number of hydrogen-bond acceptors (Lipinski definition) is 8. The van der Waals surface area contributed by atoms with Crippen LogP contribution in [0.25, 0.3) is 0 Å². The topological polar surface area (TPSA) is 93.1 Å². The number of morpholine rings is 1. The van der Waals surface area contributed by atoms with Crippen LogP contribution in [-0.4, -0.2) is 52.4 Å². The summed E-state index contributed by atoms with van der Waals surface area (Å²) < 4.78 is 5.33. The molecule has 0 spiro atoms. The molecule has 0 aromatic carbocycles. The van der Waals surface area contributed by atoms with Crippen molar-refractivity contribution in [2.75, 3.05) is 36.5 Å². The third-order valence-electron chi connectivity index (χ3n) is 3.65. The average molecular weight is 348 g/mol.